The van der Waals surface area contributed by atoms with Crippen LogP contribution in [0.4, 0.5) is 0 Å². The SMILES string of the molecule is C=CCn1c(=O)n(CC=C)c(=O)n(CCC2CO2)c1=O. The van der Waals surface area contributed by atoms with Crippen molar-refractivity contribution < 1.29 is 4.74 Å². The summed E-state index contributed by atoms with van der Waals surface area (Å²) in [6, 6.07) is 0. The summed E-state index contributed by atoms with van der Waals surface area (Å²) in [5.74, 6) is 0. The van der Waals surface area contributed by atoms with Crippen LogP contribution in [0, 0.1) is 0 Å². The van der Waals surface area contributed by atoms with Gasteiger partial charge in [-0.05, 0) is 6.42 Å². The van der Waals surface area contributed by atoms with Gasteiger partial charge in [-0.2, -0.15) is 0 Å². The highest BCUT2D eigenvalue weighted by molar-refractivity contribution is 4.85. The van der Waals surface area contributed by atoms with Gasteiger partial charge < -0.3 is 4.74 Å². The molecule has 1 aromatic rings. The smallest absolute Gasteiger partial charge is 0.336 e. The summed E-state index contributed by atoms with van der Waals surface area (Å²) in [4.78, 5) is 36.5. The molecule has 1 unspecified atom stereocenters. The van der Waals surface area contributed by atoms with Crippen LogP contribution in [0.2, 0.25) is 0 Å². The second-order valence-electron chi connectivity index (χ2n) is 4.54. The minimum absolute atomic E-state index is 0.0645. The first kappa shape index (κ1) is 14.3. The van der Waals surface area contributed by atoms with Crippen molar-refractivity contribution in [1.82, 2.24) is 13.7 Å². The fourth-order valence-corrected chi connectivity index (χ4v) is 1.95. The summed E-state index contributed by atoms with van der Waals surface area (Å²) < 4.78 is 8.11. The Kier molecular flexibility index (Phi) is 4.19. The normalized spacial score (nSPS) is 16.9. The third kappa shape index (κ3) is 2.72. The lowest BCUT2D eigenvalue weighted by Gasteiger charge is -2.11. The van der Waals surface area contributed by atoms with Gasteiger partial charge in [0.1, 0.15) is 0 Å². The molecule has 2 heterocycles. The van der Waals surface area contributed by atoms with E-state index in [0.29, 0.717) is 13.0 Å². The molecule has 1 aliphatic heterocycles. The Morgan fingerprint density at radius 2 is 1.45 bits per heavy atom. The zero-order valence-electron chi connectivity index (χ0n) is 11.2. The molecule has 0 bridgehead atoms. The number of hydrogen-bond donors (Lipinski definition) is 0. The van der Waals surface area contributed by atoms with Gasteiger partial charge in [0.25, 0.3) is 0 Å². The van der Waals surface area contributed by atoms with Crippen LogP contribution in [-0.2, 0) is 24.4 Å². The summed E-state index contributed by atoms with van der Waals surface area (Å²) in [5, 5.41) is 0. The molecule has 0 aromatic carbocycles. The summed E-state index contributed by atoms with van der Waals surface area (Å²) in [6.45, 7) is 8.05. The van der Waals surface area contributed by atoms with Gasteiger partial charge in [-0.1, -0.05) is 12.2 Å². The van der Waals surface area contributed by atoms with Crippen LogP contribution in [0.5, 0.6) is 0 Å². The molecule has 1 fully saturated rings. The molecular weight excluding hydrogens is 262 g/mol. The molecule has 0 amide bonds. The lowest BCUT2D eigenvalue weighted by molar-refractivity contribution is 0.373. The van der Waals surface area contributed by atoms with E-state index in [1.165, 1.54) is 12.2 Å². The number of allylic oxidation sites excluding steroid dienone is 2. The maximum Gasteiger partial charge on any atom is 0.336 e. The Morgan fingerprint density at radius 3 is 1.85 bits per heavy atom. The van der Waals surface area contributed by atoms with E-state index in [4.69, 9.17) is 4.74 Å². The topological polar surface area (TPSA) is 78.5 Å². The molecule has 0 saturated carbocycles. The van der Waals surface area contributed by atoms with Crippen molar-refractivity contribution in [2.24, 2.45) is 0 Å². The van der Waals surface area contributed by atoms with Crippen molar-refractivity contribution in [2.45, 2.75) is 32.2 Å². The van der Waals surface area contributed by atoms with Gasteiger partial charge in [-0.15, -0.1) is 13.2 Å². The number of epoxide rings is 1. The number of rotatable bonds is 7. The maximum atomic E-state index is 12.2. The van der Waals surface area contributed by atoms with Crippen LogP contribution >= 0.6 is 0 Å². The van der Waals surface area contributed by atoms with Crippen molar-refractivity contribution in [2.75, 3.05) is 6.61 Å². The van der Waals surface area contributed by atoms with Crippen LogP contribution in [0.25, 0.3) is 0 Å². The number of nitrogens with zero attached hydrogens (tertiary/aromatic N) is 3. The van der Waals surface area contributed by atoms with Crippen LogP contribution in [0.15, 0.2) is 39.7 Å². The van der Waals surface area contributed by atoms with E-state index >= 15 is 0 Å². The first-order valence-electron chi connectivity index (χ1n) is 6.38. The molecule has 0 radical (unpaired) electrons. The Labute approximate surface area is 115 Å². The summed E-state index contributed by atoms with van der Waals surface area (Å²) in [7, 11) is 0. The molecule has 2 rings (SSSR count). The van der Waals surface area contributed by atoms with Crippen LogP contribution in [0.1, 0.15) is 6.42 Å². The number of aromatic nitrogens is 3. The fourth-order valence-electron chi connectivity index (χ4n) is 1.95. The van der Waals surface area contributed by atoms with Gasteiger partial charge >= 0.3 is 17.1 Å². The molecule has 20 heavy (non-hydrogen) atoms. The predicted octanol–water partition coefficient (Wildman–Crippen LogP) is -0.667. The van der Waals surface area contributed by atoms with Gasteiger partial charge in [0.2, 0.25) is 0 Å². The van der Waals surface area contributed by atoms with Gasteiger partial charge in [0.05, 0.1) is 25.8 Å². The van der Waals surface area contributed by atoms with Gasteiger partial charge in [-0.3, -0.25) is 0 Å². The van der Waals surface area contributed by atoms with Crippen LogP contribution in [-0.4, -0.2) is 26.4 Å². The molecule has 108 valence electrons. The second-order valence-corrected chi connectivity index (χ2v) is 4.54. The molecule has 1 aromatic heterocycles. The Balaban J connectivity index is 2.54. The van der Waals surface area contributed by atoms with E-state index in [2.05, 4.69) is 13.2 Å². The van der Waals surface area contributed by atoms with Crippen molar-refractivity contribution >= 4 is 0 Å². The Hall–Kier alpha value is -2.15. The number of ether oxygens (including phenoxy) is 1. The monoisotopic (exact) mass is 279 g/mol. The third-order valence-electron chi connectivity index (χ3n) is 3.09. The lowest BCUT2D eigenvalue weighted by atomic mass is 10.3. The van der Waals surface area contributed by atoms with Crippen molar-refractivity contribution in [1.29, 1.82) is 0 Å². The quantitative estimate of drug-likeness (QED) is 0.490. The molecular formula is C13H17N3O4. The highest BCUT2D eigenvalue weighted by Gasteiger charge is 2.23. The first-order valence-corrected chi connectivity index (χ1v) is 6.38. The van der Waals surface area contributed by atoms with Crippen LogP contribution in [0.3, 0.4) is 0 Å². The van der Waals surface area contributed by atoms with Gasteiger partial charge in [-0.25, -0.2) is 28.1 Å². The third-order valence-corrected chi connectivity index (χ3v) is 3.09. The highest BCUT2D eigenvalue weighted by atomic mass is 16.6. The second kappa shape index (κ2) is 5.87. The highest BCUT2D eigenvalue weighted by Crippen LogP contribution is 2.12. The van der Waals surface area contributed by atoms with E-state index in [1.54, 1.807) is 0 Å². The molecule has 1 aliphatic rings. The first-order chi connectivity index (χ1) is 9.60. The molecule has 1 saturated heterocycles. The predicted molar refractivity (Wildman–Crippen MR) is 74.0 cm³/mol. The maximum absolute atomic E-state index is 12.2. The summed E-state index contributed by atoms with van der Waals surface area (Å²) >= 11 is 0. The minimum Gasteiger partial charge on any atom is -0.373 e. The molecule has 7 nitrogen and oxygen atoms in total. The molecule has 7 heteroatoms. The average Bonchev–Trinajstić information content (AvgIpc) is 3.24. The molecule has 1 atom stereocenters. The molecule has 0 spiro atoms. The summed E-state index contributed by atoms with van der Waals surface area (Å²) in [5.41, 5.74) is -1.86. The zero-order chi connectivity index (χ0) is 14.7. The van der Waals surface area contributed by atoms with E-state index in [0.717, 1.165) is 13.7 Å². The average molecular weight is 279 g/mol. The molecule has 0 aliphatic carbocycles. The lowest BCUT2D eigenvalue weighted by Crippen LogP contribution is -2.54. The van der Waals surface area contributed by atoms with E-state index in [9.17, 15) is 14.4 Å². The fraction of sp³-hybridized carbons (Fsp3) is 0.462. The van der Waals surface area contributed by atoms with E-state index in [-0.39, 0.29) is 25.7 Å². The Bertz CT molecular complexity index is 643. The molecule has 0 N–H and O–H groups in total. The van der Waals surface area contributed by atoms with Crippen LogP contribution < -0.4 is 17.1 Å². The van der Waals surface area contributed by atoms with Crippen molar-refractivity contribution in [3.8, 4) is 0 Å². The minimum atomic E-state index is -0.640. The standard InChI is InChI=1S/C13H17N3O4/c1-3-6-14-11(17)15(7-4-2)13(19)16(12(14)18)8-5-10-9-20-10/h3-4,10H,1-2,5-9H2. The summed E-state index contributed by atoms with van der Waals surface area (Å²) in [6.07, 6.45) is 3.57. The van der Waals surface area contributed by atoms with Crippen molar-refractivity contribution in [3.63, 3.8) is 0 Å². The van der Waals surface area contributed by atoms with Crippen molar-refractivity contribution in [3.05, 3.63) is 56.8 Å². The number of hydrogen-bond acceptors (Lipinski definition) is 4. The zero-order valence-corrected chi connectivity index (χ0v) is 11.2. The van der Waals surface area contributed by atoms with Gasteiger partial charge in [0.15, 0.2) is 0 Å². The van der Waals surface area contributed by atoms with Gasteiger partial charge in [0, 0.05) is 6.54 Å². The Morgan fingerprint density at radius 1 is 1.00 bits per heavy atom. The van der Waals surface area contributed by atoms with E-state index < -0.39 is 17.1 Å². The van der Waals surface area contributed by atoms with E-state index in [1.807, 2.05) is 0 Å². The largest absolute Gasteiger partial charge is 0.373 e.